The van der Waals surface area contributed by atoms with Crippen LogP contribution in [0.3, 0.4) is 0 Å². The van der Waals surface area contributed by atoms with Gasteiger partial charge in [0.15, 0.2) is 6.29 Å². The van der Waals surface area contributed by atoms with Crippen molar-refractivity contribution in [1.82, 2.24) is 5.32 Å². The Bertz CT molecular complexity index is 411. The first-order valence-electron chi connectivity index (χ1n) is 7.53. The lowest BCUT2D eigenvalue weighted by atomic mass is 10.0. The average Bonchev–Trinajstić information content (AvgIpc) is 2.47. The molecule has 120 valence electrons. The molecule has 0 spiro atoms. The number of halogens is 2. The van der Waals surface area contributed by atoms with Crippen LogP contribution in [0.5, 0.6) is 0 Å². The highest BCUT2D eigenvalue weighted by Gasteiger charge is 2.23. The average molecular weight is 318 g/mol. The number of hydrogen-bond donors (Lipinski definition) is 1. The fourth-order valence-electron chi connectivity index (χ4n) is 2.15. The van der Waals surface area contributed by atoms with Crippen LogP contribution in [0.4, 0.5) is 4.39 Å². The molecule has 0 bridgehead atoms. The van der Waals surface area contributed by atoms with Crippen LogP contribution >= 0.6 is 11.6 Å². The second-order valence-corrected chi connectivity index (χ2v) is 5.16. The van der Waals surface area contributed by atoms with Gasteiger partial charge in [-0.05, 0) is 44.9 Å². The summed E-state index contributed by atoms with van der Waals surface area (Å²) in [6.45, 7) is 7.84. The Morgan fingerprint density at radius 1 is 1.19 bits per heavy atom. The minimum absolute atomic E-state index is 0.113. The lowest BCUT2D eigenvalue weighted by Gasteiger charge is -2.28. The summed E-state index contributed by atoms with van der Waals surface area (Å²) < 4.78 is 25.4. The lowest BCUT2D eigenvalue weighted by molar-refractivity contribution is -0.153. The van der Waals surface area contributed by atoms with Crippen LogP contribution in [0.25, 0.3) is 0 Å². The van der Waals surface area contributed by atoms with Gasteiger partial charge in [-0.1, -0.05) is 30.7 Å². The first-order valence-corrected chi connectivity index (χ1v) is 7.91. The SMILES string of the molecule is CCCNC(Cc1cccc(Cl)c1F)C(OCC)OCC. The van der Waals surface area contributed by atoms with Crippen LogP contribution in [0.1, 0.15) is 32.8 Å². The molecular weight excluding hydrogens is 293 g/mol. The Hall–Kier alpha value is -0.680. The van der Waals surface area contributed by atoms with Crippen LogP contribution in [0, 0.1) is 5.82 Å². The third-order valence-corrected chi connectivity index (χ3v) is 3.41. The van der Waals surface area contributed by atoms with Crippen molar-refractivity contribution in [2.45, 2.75) is 45.9 Å². The van der Waals surface area contributed by atoms with E-state index < -0.39 is 6.29 Å². The monoisotopic (exact) mass is 317 g/mol. The maximum absolute atomic E-state index is 14.1. The fourth-order valence-corrected chi connectivity index (χ4v) is 2.34. The van der Waals surface area contributed by atoms with E-state index in [1.165, 1.54) is 0 Å². The van der Waals surface area contributed by atoms with E-state index in [9.17, 15) is 4.39 Å². The Labute approximate surface area is 131 Å². The van der Waals surface area contributed by atoms with Gasteiger partial charge in [0.2, 0.25) is 0 Å². The van der Waals surface area contributed by atoms with Gasteiger partial charge < -0.3 is 14.8 Å². The maximum Gasteiger partial charge on any atom is 0.172 e. The van der Waals surface area contributed by atoms with Crippen molar-refractivity contribution >= 4 is 11.6 Å². The normalized spacial score (nSPS) is 12.9. The third kappa shape index (κ3) is 5.91. The highest BCUT2D eigenvalue weighted by atomic mass is 35.5. The molecule has 0 aliphatic carbocycles. The van der Waals surface area contributed by atoms with Gasteiger partial charge in [-0.25, -0.2) is 4.39 Å². The molecule has 0 aliphatic heterocycles. The summed E-state index contributed by atoms with van der Waals surface area (Å²) in [4.78, 5) is 0. The minimum Gasteiger partial charge on any atom is -0.351 e. The van der Waals surface area contributed by atoms with E-state index in [2.05, 4.69) is 12.2 Å². The molecule has 0 saturated heterocycles. The fraction of sp³-hybridized carbons (Fsp3) is 0.625. The van der Waals surface area contributed by atoms with E-state index in [-0.39, 0.29) is 16.9 Å². The molecule has 1 N–H and O–H groups in total. The molecule has 0 radical (unpaired) electrons. The summed E-state index contributed by atoms with van der Waals surface area (Å²) in [6, 6.07) is 4.94. The van der Waals surface area contributed by atoms with Crippen molar-refractivity contribution in [1.29, 1.82) is 0 Å². The molecule has 0 saturated carbocycles. The molecule has 0 aliphatic rings. The molecule has 5 heteroatoms. The van der Waals surface area contributed by atoms with Crippen molar-refractivity contribution in [2.24, 2.45) is 0 Å². The predicted molar refractivity (Wildman–Crippen MR) is 84.2 cm³/mol. The van der Waals surface area contributed by atoms with Crippen LogP contribution in [0.2, 0.25) is 5.02 Å². The van der Waals surface area contributed by atoms with Gasteiger partial charge >= 0.3 is 0 Å². The zero-order valence-corrected chi connectivity index (χ0v) is 13.8. The minimum atomic E-state index is -0.398. The Balaban J connectivity index is 2.87. The molecule has 0 aromatic heterocycles. The molecule has 0 fully saturated rings. The number of rotatable bonds is 10. The van der Waals surface area contributed by atoms with E-state index in [1.807, 2.05) is 13.8 Å². The van der Waals surface area contributed by atoms with Gasteiger partial charge in [0.1, 0.15) is 5.82 Å². The predicted octanol–water partition coefficient (Wildman–Crippen LogP) is 3.79. The summed E-state index contributed by atoms with van der Waals surface area (Å²) >= 11 is 5.85. The molecule has 0 heterocycles. The van der Waals surface area contributed by atoms with Crippen molar-refractivity contribution in [3.63, 3.8) is 0 Å². The molecule has 1 atom stereocenters. The molecular formula is C16H25ClFNO2. The van der Waals surface area contributed by atoms with Crippen molar-refractivity contribution < 1.29 is 13.9 Å². The van der Waals surface area contributed by atoms with Gasteiger partial charge in [0.05, 0.1) is 11.1 Å². The smallest absolute Gasteiger partial charge is 0.172 e. The number of benzene rings is 1. The highest BCUT2D eigenvalue weighted by molar-refractivity contribution is 6.30. The summed E-state index contributed by atoms with van der Waals surface area (Å²) in [5.74, 6) is -0.366. The molecule has 1 aromatic carbocycles. The standard InChI is InChI=1S/C16H25ClFNO2/c1-4-10-19-14(16(20-5-2)21-6-3)11-12-8-7-9-13(17)15(12)18/h7-9,14,16,19H,4-6,10-11H2,1-3H3. The number of hydrogen-bond acceptors (Lipinski definition) is 3. The third-order valence-electron chi connectivity index (χ3n) is 3.12. The van der Waals surface area contributed by atoms with Gasteiger partial charge in [-0.2, -0.15) is 0 Å². The van der Waals surface area contributed by atoms with Crippen LogP contribution in [0.15, 0.2) is 18.2 Å². The Morgan fingerprint density at radius 2 is 1.86 bits per heavy atom. The van der Waals surface area contributed by atoms with E-state index in [1.54, 1.807) is 18.2 Å². The van der Waals surface area contributed by atoms with E-state index >= 15 is 0 Å². The van der Waals surface area contributed by atoms with Crippen LogP contribution < -0.4 is 5.32 Å². The van der Waals surface area contributed by atoms with Crippen molar-refractivity contribution in [3.05, 3.63) is 34.6 Å². The zero-order valence-electron chi connectivity index (χ0n) is 13.0. The van der Waals surface area contributed by atoms with Gasteiger partial charge in [0.25, 0.3) is 0 Å². The van der Waals surface area contributed by atoms with Crippen LogP contribution in [-0.4, -0.2) is 32.1 Å². The number of ether oxygens (including phenoxy) is 2. The molecule has 0 amide bonds. The second-order valence-electron chi connectivity index (χ2n) is 4.76. The summed E-state index contributed by atoms with van der Waals surface area (Å²) in [5, 5.41) is 3.52. The first kappa shape index (κ1) is 18.4. The highest BCUT2D eigenvalue weighted by Crippen LogP contribution is 2.20. The Morgan fingerprint density at radius 3 is 2.43 bits per heavy atom. The maximum atomic E-state index is 14.1. The Kier molecular flexibility index (Phi) is 8.85. The summed E-state index contributed by atoms with van der Waals surface area (Å²) in [6.07, 6.45) is 1.06. The molecule has 3 nitrogen and oxygen atoms in total. The quantitative estimate of drug-likeness (QED) is 0.666. The van der Waals surface area contributed by atoms with Crippen molar-refractivity contribution in [3.8, 4) is 0 Å². The van der Waals surface area contributed by atoms with E-state index in [0.717, 1.165) is 13.0 Å². The topological polar surface area (TPSA) is 30.5 Å². The number of nitrogens with one attached hydrogen (secondary N) is 1. The second kappa shape index (κ2) is 10.1. The zero-order chi connectivity index (χ0) is 15.7. The van der Waals surface area contributed by atoms with Gasteiger partial charge in [-0.3, -0.25) is 0 Å². The molecule has 1 unspecified atom stereocenters. The van der Waals surface area contributed by atoms with Crippen molar-refractivity contribution in [2.75, 3.05) is 19.8 Å². The largest absolute Gasteiger partial charge is 0.351 e. The van der Waals surface area contributed by atoms with Gasteiger partial charge in [0, 0.05) is 13.2 Å². The molecule has 1 aromatic rings. The molecule has 1 rings (SSSR count). The first-order chi connectivity index (χ1) is 10.1. The van der Waals surface area contributed by atoms with Crippen LogP contribution in [-0.2, 0) is 15.9 Å². The summed E-state index contributed by atoms with van der Waals surface area (Å²) in [7, 11) is 0. The molecule has 21 heavy (non-hydrogen) atoms. The van der Waals surface area contributed by atoms with E-state index in [0.29, 0.717) is 25.2 Å². The van der Waals surface area contributed by atoms with Gasteiger partial charge in [-0.15, -0.1) is 0 Å². The lowest BCUT2D eigenvalue weighted by Crippen LogP contribution is -2.45. The summed E-state index contributed by atoms with van der Waals surface area (Å²) in [5.41, 5.74) is 0.570. The van der Waals surface area contributed by atoms with E-state index in [4.69, 9.17) is 21.1 Å².